The third-order valence-electron chi connectivity index (χ3n) is 3.64. The Morgan fingerprint density at radius 2 is 1.90 bits per heavy atom. The molecule has 116 valence electrons. The number of hydrogen-bond donors (Lipinski definition) is 2. The average Bonchev–Trinajstić information content (AvgIpc) is 2.91. The van der Waals surface area contributed by atoms with Crippen LogP contribution in [-0.4, -0.2) is 30.7 Å². The molecule has 0 aromatic heterocycles. The van der Waals surface area contributed by atoms with Crippen LogP contribution in [0.1, 0.15) is 19.8 Å². The van der Waals surface area contributed by atoms with Crippen molar-refractivity contribution in [3.8, 4) is 0 Å². The molecule has 3 N–H and O–H groups in total. The van der Waals surface area contributed by atoms with Crippen molar-refractivity contribution < 1.29 is 18.0 Å². The fraction of sp³-hybridized carbons (Fsp3) is 0.500. The summed E-state index contributed by atoms with van der Waals surface area (Å²) in [6.45, 7) is 2.48. The van der Waals surface area contributed by atoms with Gasteiger partial charge in [-0.15, -0.1) is 0 Å². The molecule has 1 unspecified atom stereocenters. The average molecular weight is 301 g/mol. The Hall–Kier alpha value is -1.76. The second-order valence-corrected chi connectivity index (χ2v) is 5.40. The van der Waals surface area contributed by atoms with E-state index in [1.807, 2.05) is 6.07 Å². The number of carbonyl (C=O) groups is 1. The van der Waals surface area contributed by atoms with Crippen molar-refractivity contribution in [3.05, 3.63) is 24.3 Å². The van der Waals surface area contributed by atoms with Gasteiger partial charge in [0.15, 0.2) is 5.54 Å². The van der Waals surface area contributed by atoms with Gasteiger partial charge in [-0.2, -0.15) is 13.2 Å². The molecule has 1 aromatic carbocycles. The Morgan fingerprint density at radius 3 is 2.48 bits per heavy atom. The van der Waals surface area contributed by atoms with Crippen LogP contribution >= 0.6 is 0 Å². The molecule has 1 heterocycles. The van der Waals surface area contributed by atoms with Gasteiger partial charge in [-0.25, -0.2) is 0 Å². The Kier molecular flexibility index (Phi) is 4.13. The summed E-state index contributed by atoms with van der Waals surface area (Å²) in [6, 6.07) is 6.77. The molecule has 2 rings (SSSR count). The molecule has 0 aliphatic carbocycles. The van der Waals surface area contributed by atoms with Crippen molar-refractivity contribution in [3.63, 3.8) is 0 Å². The molecule has 0 spiro atoms. The monoisotopic (exact) mass is 301 g/mol. The number of amides is 1. The molecule has 0 bridgehead atoms. The first-order chi connectivity index (χ1) is 9.72. The normalized spacial score (nSPS) is 18.4. The van der Waals surface area contributed by atoms with Gasteiger partial charge in [-0.3, -0.25) is 4.79 Å². The summed E-state index contributed by atoms with van der Waals surface area (Å²) < 4.78 is 38.2. The largest absolute Gasteiger partial charge is 0.415 e. The van der Waals surface area contributed by atoms with E-state index in [4.69, 9.17) is 5.73 Å². The van der Waals surface area contributed by atoms with Crippen molar-refractivity contribution in [1.82, 2.24) is 0 Å². The van der Waals surface area contributed by atoms with E-state index in [1.54, 1.807) is 18.2 Å². The van der Waals surface area contributed by atoms with Gasteiger partial charge >= 0.3 is 6.18 Å². The Bertz CT molecular complexity index is 522. The topological polar surface area (TPSA) is 58.4 Å². The van der Waals surface area contributed by atoms with Crippen molar-refractivity contribution in [1.29, 1.82) is 0 Å². The van der Waals surface area contributed by atoms with E-state index in [0.717, 1.165) is 31.6 Å². The summed E-state index contributed by atoms with van der Waals surface area (Å²) in [5.74, 6) is -1.27. The molecule has 21 heavy (non-hydrogen) atoms. The third-order valence-corrected chi connectivity index (χ3v) is 3.64. The maximum absolute atomic E-state index is 12.7. The molecule has 1 aromatic rings. The minimum atomic E-state index is -4.80. The van der Waals surface area contributed by atoms with Gasteiger partial charge in [-0.05, 0) is 38.0 Å². The van der Waals surface area contributed by atoms with Gasteiger partial charge in [-0.1, -0.05) is 6.07 Å². The van der Waals surface area contributed by atoms with Crippen LogP contribution in [0.25, 0.3) is 0 Å². The molecule has 1 atom stereocenters. The zero-order chi connectivity index (χ0) is 15.7. The molecule has 1 fully saturated rings. The van der Waals surface area contributed by atoms with Crippen LogP contribution in [0.5, 0.6) is 0 Å². The van der Waals surface area contributed by atoms with E-state index in [-0.39, 0.29) is 0 Å². The number of anilines is 2. The lowest BCUT2D eigenvalue weighted by molar-refractivity contribution is -0.184. The van der Waals surface area contributed by atoms with Gasteiger partial charge in [0.2, 0.25) is 0 Å². The highest BCUT2D eigenvalue weighted by atomic mass is 19.4. The number of carbonyl (C=O) groups excluding carboxylic acids is 1. The fourth-order valence-corrected chi connectivity index (χ4v) is 2.15. The van der Waals surface area contributed by atoms with Gasteiger partial charge in [0, 0.05) is 24.5 Å². The predicted octanol–water partition coefficient (Wildman–Crippen LogP) is 2.50. The SMILES string of the molecule is CC(N)(C(=O)Nc1cccc(N2CCCC2)c1)C(F)(F)F. The minimum Gasteiger partial charge on any atom is -0.371 e. The predicted molar refractivity (Wildman–Crippen MR) is 75.2 cm³/mol. The standard InChI is InChI=1S/C14H18F3N3O/c1-13(18,14(15,16)17)12(21)19-10-5-4-6-11(9-10)20-7-2-3-8-20/h4-6,9H,2-3,7-8,18H2,1H3,(H,19,21). The lowest BCUT2D eigenvalue weighted by atomic mass is 10.0. The molecule has 0 radical (unpaired) electrons. The quantitative estimate of drug-likeness (QED) is 0.902. The second kappa shape index (κ2) is 5.55. The number of hydrogen-bond acceptors (Lipinski definition) is 3. The van der Waals surface area contributed by atoms with Crippen molar-refractivity contribution in [2.45, 2.75) is 31.5 Å². The number of rotatable bonds is 3. The third kappa shape index (κ3) is 3.29. The van der Waals surface area contributed by atoms with E-state index < -0.39 is 17.6 Å². The summed E-state index contributed by atoms with van der Waals surface area (Å²) in [4.78, 5) is 13.9. The summed E-state index contributed by atoms with van der Waals surface area (Å²) in [5, 5.41) is 2.24. The fourth-order valence-electron chi connectivity index (χ4n) is 2.15. The van der Waals surface area contributed by atoms with Gasteiger partial charge in [0.05, 0.1) is 0 Å². The van der Waals surface area contributed by atoms with Crippen LogP contribution in [0.4, 0.5) is 24.5 Å². The molecule has 0 saturated carbocycles. The highest BCUT2D eigenvalue weighted by Gasteiger charge is 2.53. The first-order valence-electron chi connectivity index (χ1n) is 6.74. The Balaban J connectivity index is 2.13. The summed E-state index contributed by atoms with van der Waals surface area (Å²) in [5.41, 5.74) is 3.37. The first-order valence-corrected chi connectivity index (χ1v) is 6.74. The van der Waals surface area contributed by atoms with Gasteiger partial charge in [0.1, 0.15) is 0 Å². The van der Waals surface area contributed by atoms with E-state index in [2.05, 4.69) is 10.2 Å². The molecular formula is C14H18F3N3O. The van der Waals surface area contributed by atoms with Crippen LogP contribution in [0.15, 0.2) is 24.3 Å². The lowest BCUT2D eigenvalue weighted by Crippen LogP contribution is -2.59. The number of nitrogens with zero attached hydrogens (tertiary/aromatic N) is 1. The van der Waals surface area contributed by atoms with E-state index >= 15 is 0 Å². The number of alkyl halides is 3. The molecular weight excluding hydrogens is 283 g/mol. The highest BCUT2D eigenvalue weighted by Crippen LogP contribution is 2.30. The van der Waals surface area contributed by atoms with Crippen LogP contribution < -0.4 is 16.0 Å². The summed E-state index contributed by atoms with van der Waals surface area (Å²) in [7, 11) is 0. The van der Waals surface area contributed by atoms with E-state index in [9.17, 15) is 18.0 Å². The Morgan fingerprint density at radius 1 is 1.29 bits per heavy atom. The zero-order valence-electron chi connectivity index (χ0n) is 11.7. The van der Waals surface area contributed by atoms with Crippen LogP contribution in [-0.2, 0) is 4.79 Å². The molecule has 1 saturated heterocycles. The molecule has 1 aliphatic heterocycles. The van der Waals surface area contributed by atoms with Gasteiger partial charge in [0.25, 0.3) is 5.91 Å². The smallest absolute Gasteiger partial charge is 0.371 e. The van der Waals surface area contributed by atoms with Crippen molar-refractivity contribution in [2.24, 2.45) is 5.73 Å². The number of nitrogens with one attached hydrogen (secondary N) is 1. The van der Waals surface area contributed by atoms with E-state index in [0.29, 0.717) is 12.6 Å². The van der Waals surface area contributed by atoms with Crippen LogP contribution in [0.2, 0.25) is 0 Å². The maximum atomic E-state index is 12.7. The maximum Gasteiger partial charge on any atom is 0.415 e. The van der Waals surface area contributed by atoms with Crippen molar-refractivity contribution in [2.75, 3.05) is 23.3 Å². The first kappa shape index (κ1) is 15.6. The molecule has 1 amide bonds. The number of halogens is 3. The number of benzene rings is 1. The van der Waals surface area contributed by atoms with Crippen molar-refractivity contribution >= 4 is 17.3 Å². The minimum absolute atomic E-state index is 0.310. The zero-order valence-corrected chi connectivity index (χ0v) is 11.7. The molecule has 7 heteroatoms. The van der Waals surface area contributed by atoms with E-state index in [1.165, 1.54) is 0 Å². The summed E-state index contributed by atoms with van der Waals surface area (Å²) in [6.07, 6.45) is -2.62. The highest BCUT2D eigenvalue weighted by molar-refractivity contribution is 5.98. The Labute approximate surface area is 121 Å². The number of nitrogens with two attached hydrogens (primary N) is 1. The molecule has 4 nitrogen and oxygen atoms in total. The summed E-state index contributed by atoms with van der Waals surface area (Å²) >= 11 is 0. The van der Waals surface area contributed by atoms with Crippen LogP contribution in [0.3, 0.4) is 0 Å². The second-order valence-electron chi connectivity index (χ2n) is 5.40. The van der Waals surface area contributed by atoms with Crippen LogP contribution in [0, 0.1) is 0 Å². The molecule has 1 aliphatic rings. The lowest BCUT2D eigenvalue weighted by Gasteiger charge is -2.26. The van der Waals surface area contributed by atoms with Gasteiger partial charge < -0.3 is 16.0 Å².